The first kappa shape index (κ1) is 13.3. The lowest BCUT2D eigenvalue weighted by molar-refractivity contribution is -0.136. The van der Waals surface area contributed by atoms with E-state index < -0.39 is 0 Å². The standard InChI is InChI=1S/C12H18N2O3/c1-9(2)14-8-7-13(12(14)16)6-5-10(3)11(15)17-4/h5,7-9H,6H2,1-4H3/b10-5+. The first-order valence-corrected chi connectivity index (χ1v) is 5.49. The Morgan fingerprint density at radius 2 is 2.12 bits per heavy atom. The van der Waals surface area contributed by atoms with Crippen LogP contribution in [0.2, 0.25) is 0 Å². The van der Waals surface area contributed by atoms with Crippen molar-refractivity contribution in [2.75, 3.05) is 7.11 Å². The lowest BCUT2D eigenvalue weighted by Crippen LogP contribution is -2.25. The molecule has 17 heavy (non-hydrogen) atoms. The van der Waals surface area contributed by atoms with Gasteiger partial charge in [-0.15, -0.1) is 0 Å². The average Bonchev–Trinajstić information content (AvgIpc) is 2.66. The van der Waals surface area contributed by atoms with Crippen molar-refractivity contribution in [1.82, 2.24) is 9.13 Å². The second-order valence-corrected chi connectivity index (χ2v) is 4.11. The largest absolute Gasteiger partial charge is 0.466 e. The van der Waals surface area contributed by atoms with Gasteiger partial charge in [0.05, 0.1) is 7.11 Å². The summed E-state index contributed by atoms with van der Waals surface area (Å²) in [6, 6.07) is 0.134. The van der Waals surface area contributed by atoms with Crippen LogP contribution in [0.4, 0.5) is 0 Å². The number of hydrogen-bond donors (Lipinski definition) is 0. The van der Waals surface area contributed by atoms with Gasteiger partial charge in [-0.25, -0.2) is 9.59 Å². The molecule has 0 bridgehead atoms. The Morgan fingerprint density at radius 1 is 1.47 bits per heavy atom. The monoisotopic (exact) mass is 238 g/mol. The summed E-state index contributed by atoms with van der Waals surface area (Å²) in [5.41, 5.74) is 0.422. The van der Waals surface area contributed by atoms with E-state index in [4.69, 9.17) is 0 Å². The summed E-state index contributed by atoms with van der Waals surface area (Å²) in [5, 5.41) is 0. The SMILES string of the molecule is COC(=O)/C(C)=C/Cn1ccn(C(C)C)c1=O. The molecular formula is C12H18N2O3. The van der Waals surface area contributed by atoms with Gasteiger partial charge in [0.25, 0.3) is 0 Å². The number of hydrogen-bond acceptors (Lipinski definition) is 3. The van der Waals surface area contributed by atoms with E-state index in [2.05, 4.69) is 4.74 Å². The molecule has 1 aromatic heterocycles. The third kappa shape index (κ3) is 3.09. The fourth-order valence-corrected chi connectivity index (χ4v) is 1.44. The Balaban J connectivity index is 2.84. The summed E-state index contributed by atoms with van der Waals surface area (Å²) < 4.78 is 7.76. The first-order valence-electron chi connectivity index (χ1n) is 5.49. The highest BCUT2D eigenvalue weighted by atomic mass is 16.5. The van der Waals surface area contributed by atoms with Gasteiger partial charge in [0.2, 0.25) is 0 Å². The maximum absolute atomic E-state index is 11.8. The van der Waals surface area contributed by atoms with Gasteiger partial charge in [-0.05, 0) is 20.8 Å². The smallest absolute Gasteiger partial charge is 0.333 e. The predicted molar refractivity (Wildman–Crippen MR) is 64.9 cm³/mol. The van der Waals surface area contributed by atoms with Crippen LogP contribution in [0.3, 0.4) is 0 Å². The molecule has 0 radical (unpaired) electrons. The molecule has 0 aliphatic rings. The molecule has 94 valence electrons. The summed E-state index contributed by atoms with van der Waals surface area (Å²) in [7, 11) is 1.33. The van der Waals surface area contributed by atoms with E-state index in [1.165, 1.54) is 7.11 Å². The Labute approximate surface area is 100 Å². The van der Waals surface area contributed by atoms with Crippen LogP contribution in [0, 0.1) is 0 Å². The fourth-order valence-electron chi connectivity index (χ4n) is 1.44. The minimum atomic E-state index is -0.374. The number of rotatable bonds is 4. The van der Waals surface area contributed by atoms with Crippen molar-refractivity contribution in [2.24, 2.45) is 0 Å². The maximum atomic E-state index is 11.8. The zero-order valence-corrected chi connectivity index (χ0v) is 10.6. The number of carbonyl (C=O) groups is 1. The number of methoxy groups -OCH3 is 1. The van der Waals surface area contributed by atoms with Crippen molar-refractivity contribution in [1.29, 1.82) is 0 Å². The molecule has 0 fully saturated rings. The number of carbonyl (C=O) groups excluding carboxylic acids is 1. The van der Waals surface area contributed by atoms with Crippen molar-refractivity contribution in [3.8, 4) is 0 Å². The lowest BCUT2D eigenvalue weighted by Gasteiger charge is -2.04. The second-order valence-electron chi connectivity index (χ2n) is 4.11. The normalized spacial score (nSPS) is 11.9. The van der Waals surface area contributed by atoms with Crippen molar-refractivity contribution in [3.63, 3.8) is 0 Å². The molecular weight excluding hydrogens is 220 g/mol. The minimum absolute atomic E-state index is 0.0751. The zero-order valence-electron chi connectivity index (χ0n) is 10.6. The number of allylic oxidation sites excluding steroid dienone is 1. The molecule has 0 aromatic carbocycles. The van der Waals surface area contributed by atoms with Crippen LogP contribution in [-0.4, -0.2) is 22.2 Å². The Bertz CT molecular complexity index is 480. The Kier molecular flexibility index (Phi) is 4.31. The van der Waals surface area contributed by atoms with E-state index in [9.17, 15) is 9.59 Å². The number of aromatic nitrogens is 2. The molecule has 0 aliphatic carbocycles. The van der Waals surface area contributed by atoms with E-state index in [-0.39, 0.29) is 17.7 Å². The summed E-state index contributed by atoms with van der Waals surface area (Å²) in [6.45, 7) is 5.93. The number of nitrogens with zero attached hydrogens (tertiary/aromatic N) is 2. The van der Waals surface area contributed by atoms with Gasteiger partial charge in [-0.3, -0.25) is 9.13 Å². The van der Waals surface area contributed by atoms with Gasteiger partial charge in [0.1, 0.15) is 0 Å². The highest BCUT2D eigenvalue weighted by molar-refractivity contribution is 5.87. The summed E-state index contributed by atoms with van der Waals surface area (Å²) in [4.78, 5) is 23.0. The molecule has 5 heteroatoms. The summed E-state index contributed by atoms with van der Waals surface area (Å²) >= 11 is 0. The van der Waals surface area contributed by atoms with E-state index in [1.54, 1.807) is 34.5 Å². The number of ether oxygens (including phenoxy) is 1. The van der Waals surface area contributed by atoms with Crippen molar-refractivity contribution >= 4 is 5.97 Å². The number of esters is 1. The van der Waals surface area contributed by atoms with Crippen LogP contribution in [0.5, 0.6) is 0 Å². The van der Waals surface area contributed by atoms with Gasteiger partial charge in [-0.2, -0.15) is 0 Å². The summed E-state index contributed by atoms with van der Waals surface area (Å²) in [6.07, 6.45) is 5.13. The van der Waals surface area contributed by atoms with Crippen LogP contribution in [0.1, 0.15) is 26.8 Å². The minimum Gasteiger partial charge on any atom is -0.466 e. The molecule has 0 unspecified atom stereocenters. The van der Waals surface area contributed by atoms with E-state index in [0.717, 1.165) is 0 Å². The lowest BCUT2D eigenvalue weighted by atomic mass is 10.3. The molecule has 0 saturated carbocycles. The molecule has 0 saturated heterocycles. The topological polar surface area (TPSA) is 53.2 Å². The number of imidazole rings is 1. The quantitative estimate of drug-likeness (QED) is 0.587. The molecule has 0 aliphatic heterocycles. The Morgan fingerprint density at radius 3 is 2.59 bits per heavy atom. The maximum Gasteiger partial charge on any atom is 0.333 e. The van der Waals surface area contributed by atoms with Crippen molar-refractivity contribution < 1.29 is 9.53 Å². The average molecular weight is 238 g/mol. The van der Waals surface area contributed by atoms with Gasteiger partial charge in [0.15, 0.2) is 0 Å². The van der Waals surface area contributed by atoms with Gasteiger partial charge < -0.3 is 4.74 Å². The summed E-state index contributed by atoms with van der Waals surface area (Å²) in [5.74, 6) is -0.374. The highest BCUT2D eigenvalue weighted by Gasteiger charge is 2.06. The Hall–Kier alpha value is -1.78. The highest BCUT2D eigenvalue weighted by Crippen LogP contribution is 2.00. The van der Waals surface area contributed by atoms with Gasteiger partial charge >= 0.3 is 11.7 Å². The molecule has 1 heterocycles. The molecule has 5 nitrogen and oxygen atoms in total. The van der Waals surface area contributed by atoms with Crippen LogP contribution >= 0.6 is 0 Å². The molecule has 1 aromatic rings. The van der Waals surface area contributed by atoms with Crippen LogP contribution in [0.25, 0.3) is 0 Å². The first-order chi connectivity index (χ1) is 7.97. The van der Waals surface area contributed by atoms with Crippen molar-refractivity contribution in [2.45, 2.75) is 33.4 Å². The zero-order chi connectivity index (χ0) is 13.0. The predicted octanol–water partition coefficient (Wildman–Crippen LogP) is 1.35. The van der Waals surface area contributed by atoms with E-state index in [1.807, 2.05) is 13.8 Å². The fraction of sp³-hybridized carbons (Fsp3) is 0.500. The third-order valence-electron chi connectivity index (χ3n) is 2.53. The van der Waals surface area contributed by atoms with E-state index in [0.29, 0.717) is 12.1 Å². The van der Waals surface area contributed by atoms with Gasteiger partial charge in [0, 0.05) is 30.6 Å². The molecule has 0 amide bonds. The van der Waals surface area contributed by atoms with Crippen LogP contribution < -0.4 is 5.69 Å². The second kappa shape index (κ2) is 5.52. The molecule has 1 rings (SSSR count). The molecule has 0 spiro atoms. The van der Waals surface area contributed by atoms with Gasteiger partial charge in [-0.1, -0.05) is 6.08 Å². The molecule has 0 N–H and O–H groups in total. The molecule has 0 atom stereocenters. The van der Waals surface area contributed by atoms with Crippen LogP contribution in [0.15, 0.2) is 28.8 Å². The van der Waals surface area contributed by atoms with Crippen LogP contribution in [-0.2, 0) is 16.1 Å². The van der Waals surface area contributed by atoms with E-state index >= 15 is 0 Å². The van der Waals surface area contributed by atoms with Crippen molar-refractivity contribution in [3.05, 3.63) is 34.5 Å². The third-order valence-corrected chi connectivity index (χ3v) is 2.53.